The molecule has 102 valence electrons. The van der Waals surface area contributed by atoms with Crippen molar-refractivity contribution in [2.45, 2.75) is 44.4 Å². The fourth-order valence-corrected chi connectivity index (χ4v) is 2.27. The molecule has 1 aliphatic rings. The van der Waals surface area contributed by atoms with Gasteiger partial charge in [0.05, 0.1) is 24.9 Å². The molecule has 0 aromatic heterocycles. The van der Waals surface area contributed by atoms with Crippen LogP contribution in [0.2, 0.25) is 0 Å². The molecule has 17 heavy (non-hydrogen) atoms. The molecule has 0 aromatic carbocycles. The quantitative estimate of drug-likeness (QED) is 0.534. The van der Waals surface area contributed by atoms with E-state index in [4.69, 9.17) is 4.74 Å². The number of piperidine rings is 1. The summed E-state index contributed by atoms with van der Waals surface area (Å²) in [4.78, 5) is 2.06. The predicted molar refractivity (Wildman–Crippen MR) is 64.8 cm³/mol. The van der Waals surface area contributed by atoms with Crippen LogP contribution in [0.5, 0.6) is 0 Å². The van der Waals surface area contributed by atoms with Gasteiger partial charge in [0.2, 0.25) is 0 Å². The number of ether oxygens (including phenoxy) is 1. The first-order valence-electron chi connectivity index (χ1n) is 6.49. The summed E-state index contributed by atoms with van der Waals surface area (Å²) in [5.41, 5.74) is 0. The van der Waals surface area contributed by atoms with E-state index in [2.05, 4.69) is 4.90 Å². The number of hydrogen-bond acceptors (Lipinski definition) is 5. The molecule has 0 saturated carbocycles. The molecule has 1 rings (SSSR count). The van der Waals surface area contributed by atoms with Crippen LogP contribution >= 0.6 is 0 Å². The third-order valence-corrected chi connectivity index (χ3v) is 3.34. The maximum absolute atomic E-state index is 9.77. The van der Waals surface area contributed by atoms with Gasteiger partial charge in [-0.15, -0.1) is 0 Å². The van der Waals surface area contributed by atoms with E-state index >= 15 is 0 Å². The highest BCUT2D eigenvalue weighted by atomic mass is 16.5. The molecule has 0 aromatic rings. The van der Waals surface area contributed by atoms with E-state index in [0.717, 1.165) is 39.1 Å². The van der Waals surface area contributed by atoms with Gasteiger partial charge in [0, 0.05) is 19.8 Å². The summed E-state index contributed by atoms with van der Waals surface area (Å²) in [6.45, 7) is 4.95. The van der Waals surface area contributed by atoms with Crippen molar-refractivity contribution in [3.63, 3.8) is 0 Å². The van der Waals surface area contributed by atoms with Gasteiger partial charge < -0.3 is 20.1 Å². The Balaban J connectivity index is 2.26. The molecule has 1 fully saturated rings. The Kier molecular flexibility index (Phi) is 6.99. The Morgan fingerprint density at radius 2 is 2.06 bits per heavy atom. The SMILES string of the molecule is CCOCCCCN1CC[C@@H](O)[C@H](O)[C@H]1CO. The molecular formula is C12H25NO4. The first-order chi connectivity index (χ1) is 8.20. The minimum atomic E-state index is -0.833. The molecule has 5 heteroatoms. The minimum Gasteiger partial charge on any atom is -0.395 e. The highest BCUT2D eigenvalue weighted by Gasteiger charge is 2.34. The lowest BCUT2D eigenvalue weighted by Gasteiger charge is -2.40. The van der Waals surface area contributed by atoms with Crippen LogP contribution in [-0.2, 0) is 4.74 Å². The lowest BCUT2D eigenvalue weighted by molar-refractivity contribution is -0.0898. The smallest absolute Gasteiger partial charge is 0.0976 e. The van der Waals surface area contributed by atoms with Crippen molar-refractivity contribution in [2.24, 2.45) is 0 Å². The molecule has 0 spiro atoms. The second-order valence-electron chi connectivity index (χ2n) is 4.54. The van der Waals surface area contributed by atoms with Crippen LogP contribution in [0.1, 0.15) is 26.2 Å². The molecule has 3 atom stereocenters. The van der Waals surface area contributed by atoms with Crippen LogP contribution < -0.4 is 0 Å². The molecule has 3 N–H and O–H groups in total. The number of aliphatic hydroxyl groups is 3. The van der Waals surface area contributed by atoms with Gasteiger partial charge >= 0.3 is 0 Å². The molecular weight excluding hydrogens is 222 g/mol. The van der Waals surface area contributed by atoms with E-state index in [-0.39, 0.29) is 12.6 Å². The van der Waals surface area contributed by atoms with Crippen LogP contribution in [0.25, 0.3) is 0 Å². The molecule has 0 aliphatic carbocycles. The maximum atomic E-state index is 9.77. The average Bonchev–Trinajstić information content (AvgIpc) is 2.33. The van der Waals surface area contributed by atoms with E-state index in [1.165, 1.54) is 0 Å². The normalized spacial score (nSPS) is 30.7. The van der Waals surface area contributed by atoms with Gasteiger partial charge in [-0.25, -0.2) is 0 Å². The van der Waals surface area contributed by atoms with Crippen molar-refractivity contribution < 1.29 is 20.1 Å². The molecule has 0 unspecified atom stereocenters. The molecule has 0 radical (unpaired) electrons. The average molecular weight is 247 g/mol. The summed E-state index contributed by atoms with van der Waals surface area (Å²) >= 11 is 0. The Morgan fingerprint density at radius 3 is 2.71 bits per heavy atom. The number of rotatable bonds is 7. The van der Waals surface area contributed by atoms with Crippen molar-refractivity contribution in [3.8, 4) is 0 Å². The second-order valence-corrected chi connectivity index (χ2v) is 4.54. The topological polar surface area (TPSA) is 73.2 Å². The van der Waals surface area contributed by atoms with Gasteiger partial charge in [-0.1, -0.05) is 0 Å². The zero-order valence-electron chi connectivity index (χ0n) is 10.6. The first kappa shape index (κ1) is 14.9. The van der Waals surface area contributed by atoms with Crippen LogP contribution in [0.4, 0.5) is 0 Å². The molecule has 1 saturated heterocycles. The summed E-state index contributed by atoms with van der Waals surface area (Å²) in [7, 11) is 0. The minimum absolute atomic E-state index is 0.107. The zero-order valence-corrected chi connectivity index (χ0v) is 10.6. The van der Waals surface area contributed by atoms with Gasteiger partial charge in [0.1, 0.15) is 0 Å². The Labute approximate surface area is 103 Å². The molecule has 1 aliphatic heterocycles. The number of likely N-dealkylation sites (tertiary alicyclic amines) is 1. The highest BCUT2D eigenvalue weighted by molar-refractivity contribution is 4.88. The van der Waals surface area contributed by atoms with Crippen molar-refractivity contribution >= 4 is 0 Å². The monoisotopic (exact) mass is 247 g/mol. The van der Waals surface area contributed by atoms with E-state index in [1.807, 2.05) is 6.92 Å². The van der Waals surface area contributed by atoms with Crippen molar-refractivity contribution in [3.05, 3.63) is 0 Å². The van der Waals surface area contributed by atoms with Crippen LogP contribution in [0.15, 0.2) is 0 Å². The van der Waals surface area contributed by atoms with E-state index in [1.54, 1.807) is 0 Å². The summed E-state index contributed by atoms with van der Waals surface area (Å²) in [6.07, 6.45) is 1.01. The number of aliphatic hydroxyl groups excluding tert-OH is 3. The highest BCUT2D eigenvalue weighted by Crippen LogP contribution is 2.18. The predicted octanol–water partition coefficient (Wildman–Crippen LogP) is -0.408. The van der Waals surface area contributed by atoms with Crippen molar-refractivity contribution in [1.29, 1.82) is 0 Å². The van der Waals surface area contributed by atoms with Crippen LogP contribution in [-0.4, -0.2) is 71.4 Å². The van der Waals surface area contributed by atoms with E-state index < -0.39 is 12.2 Å². The van der Waals surface area contributed by atoms with Gasteiger partial charge in [-0.3, -0.25) is 4.90 Å². The first-order valence-corrected chi connectivity index (χ1v) is 6.49. The third kappa shape index (κ3) is 4.52. The summed E-state index contributed by atoms with van der Waals surface area (Å²) in [5, 5.41) is 28.6. The number of hydrogen-bond donors (Lipinski definition) is 3. The standard InChI is InChI=1S/C12H25NO4/c1-2-17-8-4-3-6-13-7-5-11(15)12(16)10(13)9-14/h10-12,14-16H,2-9H2,1H3/t10-,11-,12-/m1/s1. The molecule has 5 nitrogen and oxygen atoms in total. The maximum Gasteiger partial charge on any atom is 0.0976 e. The van der Waals surface area contributed by atoms with Gasteiger partial charge in [0.15, 0.2) is 0 Å². The Bertz CT molecular complexity index is 203. The van der Waals surface area contributed by atoms with Gasteiger partial charge in [0.25, 0.3) is 0 Å². The van der Waals surface area contributed by atoms with Crippen LogP contribution in [0.3, 0.4) is 0 Å². The second kappa shape index (κ2) is 8.00. The molecule has 1 heterocycles. The van der Waals surface area contributed by atoms with Crippen molar-refractivity contribution in [2.75, 3.05) is 32.9 Å². The third-order valence-electron chi connectivity index (χ3n) is 3.34. The summed E-state index contributed by atoms with van der Waals surface area (Å²) in [5.74, 6) is 0. The lowest BCUT2D eigenvalue weighted by Crippen LogP contribution is -2.56. The Morgan fingerprint density at radius 1 is 1.29 bits per heavy atom. The van der Waals surface area contributed by atoms with E-state index in [9.17, 15) is 15.3 Å². The zero-order chi connectivity index (χ0) is 12.7. The summed E-state index contributed by atoms with van der Waals surface area (Å²) in [6, 6.07) is -0.328. The fraction of sp³-hybridized carbons (Fsp3) is 1.00. The largest absolute Gasteiger partial charge is 0.395 e. The van der Waals surface area contributed by atoms with E-state index in [0.29, 0.717) is 6.42 Å². The number of nitrogens with zero attached hydrogens (tertiary/aromatic N) is 1. The molecule has 0 amide bonds. The Hall–Kier alpha value is -0.200. The molecule has 0 bridgehead atoms. The summed E-state index contributed by atoms with van der Waals surface area (Å²) < 4.78 is 5.26. The van der Waals surface area contributed by atoms with Gasteiger partial charge in [-0.2, -0.15) is 0 Å². The van der Waals surface area contributed by atoms with Crippen molar-refractivity contribution in [1.82, 2.24) is 4.90 Å². The van der Waals surface area contributed by atoms with Gasteiger partial charge in [-0.05, 0) is 32.7 Å². The fourth-order valence-electron chi connectivity index (χ4n) is 2.27. The number of unbranched alkanes of at least 4 members (excludes halogenated alkanes) is 1. The lowest BCUT2D eigenvalue weighted by atomic mass is 9.96. The van der Waals surface area contributed by atoms with Crippen LogP contribution in [0, 0.1) is 0 Å².